The summed E-state index contributed by atoms with van der Waals surface area (Å²) in [7, 11) is 3.61. The number of methoxy groups -OCH3 is 1. The molecule has 0 saturated carbocycles. The number of rotatable bonds is 6. The molecule has 0 fully saturated rings. The molecule has 0 heterocycles. The van der Waals surface area contributed by atoms with Gasteiger partial charge in [-0.2, -0.15) is 0 Å². The molecular weight excluding hydrogens is 162 g/mol. The Labute approximate surface area is 81.2 Å². The molecule has 0 spiro atoms. The lowest BCUT2D eigenvalue weighted by Crippen LogP contribution is -2.01. The molecule has 0 N–H and O–H groups in total. The lowest BCUT2D eigenvalue weighted by atomic mass is 10.00. The molecule has 13 heavy (non-hydrogen) atoms. The maximum absolute atomic E-state index is 5.00. The van der Waals surface area contributed by atoms with E-state index >= 15 is 0 Å². The van der Waals surface area contributed by atoms with Crippen LogP contribution in [0.5, 0.6) is 0 Å². The number of nitrogens with zero attached hydrogens (tertiary/aromatic N) is 1. The van der Waals surface area contributed by atoms with Crippen LogP contribution in [-0.4, -0.2) is 32.1 Å². The van der Waals surface area contributed by atoms with Crippen molar-refractivity contribution in [2.75, 3.05) is 20.8 Å². The van der Waals surface area contributed by atoms with Crippen LogP contribution in [0.15, 0.2) is 24.4 Å². The van der Waals surface area contributed by atoms with E-state index in [0.717, 1.165) is 18.6 Å². The quantitative estimate of drug-likeness (QED) is 0.348. The average Bonchev–Trinajstić information content (AvgIpc) is 2.10. The van der Waals surface area contributed by atoms with Crippen molar-refractivity contribution in [3.8, 4) is 0 Å². The van der Waals surface area contributed by atoms with E-state index in [9.17, 15) is 0 Å². The van der Waals surface area contributed by atoms with Gasteiger partial charge in [0.1, 0.15) is 13.8 Å². The fourth-order valence-corrected chi connectivity index (χ4v) is 0.867. The van der Waals surface area contributed by atoms with Crippen LogP contribution in [0.2, 0.25) is 0 Å². The van der Waals surface area contributed by atoms with Gasteiger partial charge in [0.2, 0.25) is 0 Å². The fourth-order valence-electron chi connectivity index (χ4n) is 0.867. The van der Waals surface area contributed by atoms with Crippen LogP contribution in [0, 0.1) is 5.92 Å². The number of hydrogen-bond acceptors (Lipinski definition) is 1. The summed E-state index contributed by atoms with van der Waals surface area (Å²) in [5.41, 5.74) is 1.12. The largest absolute Gasteiger partial charge is 0.385 e. The zero-order chi connectivity index (χ0) is 10.3. The Morgan fingerprint density at radius 3 is 2.69 bits per heavy atom. The molecule has 0 aromatic rings. The van der Waals surface area contributed by atoms with Gasteiger partial charge in [-0.25, -0.2) is 4.58 Å². The molecule has 0 radical (unpaired) electrons. The standard InChI is InChI=1S/C11H20NO/c1-10(6-8-12(3)4)11(2)7-9-13-5/h6,8,11H,1,3,7,9H2,2,4-5H3/q+1/b8-6-. The van der Waals surface area contributed by atoms with Gasteiger partial charge in [-0.1, -0.05) is 13.5 Å². The molecule has 2 nitrogen and oxygen atoms in total. The maximum atomic E-state index is 5.00. The van der Waals surface area contributed by atoms with Crippen LogP contribution in [0.25, 0.3) is 0 Å². The van der Waals surface area contributed by atoms with Gasteiger partial charge in [0.25, 0.3) is 0 Å². The zero-order valence-electron chi connectivity index (χ0n) is 8.92. The molecule has 0 amide bonds. The fraction of sp³-hybridized carbons (Fsp3) is 0.545. The Hall–Kier alpha value is -0.890. The molecule has 1 unspecified atom stereocenters. The van der Waals surface area contributed by atoms with Gasteiger partial charge in [0.05, 0.1) is 0 Å². The summed E-state index contributed by atoms with van der Waals surface area (Å²) >= 11 is 0. The van der Waals surface area contributed by atoms with Crippen molar-refractivity contribution in [1.29, 1.82) is 0 Å². The molecule has 0 saturated heterocycles. The van der Waals surface area contributed by atoms with Crippen LogP contribution in [-0.2, 0) is 4.74 Å². The van der Waals surface area contributed by atoms with E-state index in [-0.39, 0.29) is 0 Å². The van der Waals surface area contributed by atoms with Crippen molar-refractivity contribution in [2.45, 2.75) is 13.3 Å². The predicted octanol–water partition coefficient (Wildman–Crippen LogP) is 2.07. The SMILES string of the molecule is C=C(/C=C\[N+](=C)C)C(C)CCOC. The third-order valence-electron chi connectivity index (χ3n) is 1.93. The Kier molecular flexibility index (Phi) is 6.15. The topological polar surface area (TPSA) is 12.2 Å². The van der Waals surface area contributed by atoms with Gasteiger partial charge in [0, 0.05) is 19.8 Å². The maximum Gasteiger partial charge on any atom is 0.168 e. The first-order valence-corrected chi connectivity index (χ1v) is 4.47. The van der Waals surface area contributed by atoms with Crippen molar-refractivity contribution >= 4 is 6.72 Å². The minimum absolute atomic E-state index is 0.469. The average molecular weight is 182 g/mol. The van der Waals surface area contributed by atoms with Crippen LogP contribution in [0.1, 0.15) is 13.3 Å². The van der Waals surface area contributed by atoms with Gasteiger partial charge in [-0.3, -0.25) is 0 Å². The molecule has 0 aromatic heterocycles. The lowest BCUT2D eigenvalue weighted by molar-refractivity contribution is -0.412. The minimum Gasteiger partial charge on any atom is -0.385 e. The second-order valence-corrected chi connectivity index (χ2v) is 3.33. The molecule has 1 atom stereocenters. The second-order valence-electron chi connectivity index (χ2n) is 3.33. The number of allylic oxidation sites excluding steroid dienone is 2. The van der Waals surface area contributed by atoms with Gasteiger partial charge in [-0.05, 0) is 17.9 Å². The molecule has 0 aliphatic rings. The summed E-state index contributed by atoms with van der Waals surface area (Å²) in [5.74, 6) is 0.469. The van der Waals surface area contributed by atoms with E-state index in [1.165, 1.54) is 0 Å². The highest BCUT2D eigenvalue weighted by atomic mass is 16.5. The van der Waals surface area contributed by atoms with Crippen LogP contribution in [0.4, 0.5) is 0 Å². The third kappa shape index (κ3) is 6.29. The third-order valence-corrected chi connectivity index (χ3v) is 1.93. The molecule has 0 aromatic carbocycles. The Morgan fingerprint density at radius 2 is 2.23 bits per heavy atom. The van der Waals surface area contributed by atoms with E-state index in [1.54, 1.807) is 11.7 Å². The highest BCUT2D eigenvalue weighted by molar-refractivity contribution is 5.18. The molecule has 0 aliphatic carbocycles. The van der Waals surface area contributed by atoms with E-state index < -0.39 is 0 Å². The van der Waals surface area contributed by atoms with Crippen molar-refractivity contribution in [2.24, 2.45) is 5.92 Å². The zero-order valence-corrected chi connectivity index (χ0v) is 8.92. The van der Waals surface area contributed by atoms with Crippen LogP contribution < -0.4 is 0 Å². The van der Waals surface area contributed by atoms with Crippen molar-refractivity contribution in [3.63, 3.8) is 0 Å². The molecule has 0 aliphatic heterocycles. The van der Waals surface area contributed by atoms with Crippen molar-refractivity contribution in [1.82, 2.24) is 0 Å². The van der Waals surface area contributed by atoms with Crippen LogP contribution >= 0.6 is 0 Å². The summed E-state index contributed by atoms with van der Waals surface area (Å²) in [6.07, 6.45) is 4.92. The summed E-state index contributed by atoms with van der Waals surface area (Å²) < 4.78 is 6.76. The van der Waals surface area contributed by atoms with E-state index in [2.05, 4.69) is 20.2 Å². The molecule has 0 bridgehead atoms. The second kappa shape index (κ2) is 6.61. The predicted molar refractivity (Wildman–Crippen MR) is 57.2 cm³/mol. The minimum atomic E-state index is 0.469. The lowest BCUT2D eigenvalue weighted by Gasteiger charge is -2.09. The van der Waals surface area contributed by atoms with Gasteiger partial charge in [0.15, 0.2) is 6.20 Å². The van der Waals surface area contributed by atoms with E-state index in [0.29, 0.717) is 5.92 Å². The molecule has 0 rings (SSSR count). The van der Waals surface area contributed by atoms with Crippen molar-refractivity contribution < 1.29 is 9.31 Å². The van der Waals surface area contributed by atoms with Gasteiger partial charge in [-0.15, -0.1) is 0 Å². The highest BCUT2D eigenvalue weighted by Crippen LogP contribution is 2.13. The summed E-state index contributed by atoms with van der Waals surface area (Å²) in [6, 6.07) is 0. The molecule has 2 heteroatoms. The first-order chi connectivity index (χ1) is 6.07. The van der Waals surface area contributed by atoms with E-state index in [1.807, 2.05) is 19.3 Å². The summed E-state index contributed by atoms with van der Waals surface area (Å²) in [6.45, 7) is 10.6. The first-order valence-electron chi connectivity index (χ1n) is 4.47. The normalized spacial score (nSPS) is 13.2. The van der Waals surface area contributed by atoms with Gasteiger partial charge < -0.3 is 4.74 Å². The number of ether oxygens (including phenoxy) is 1. The summed E-state index contributed by atoms with van der Waals surface area (Å²) in [4.78, 5) is 0. The molecule has 74 valence electrons. The smallest absolute Gasteiger partial charge is 0.168 e. The summed E-state index contributed by atoms with van der Waals surface area (Å²) in [5, 5.41) is 0. The Balaban J connectivity index is 3.89. The van der Waals surface area contributed by atoms with E-state index in [4.69, 9.17) is 4.74 Å². The Bertz CT molecular complexity index is 206. The van der Waals surface area contributed by atoms with Crippen molar-refractivity contribution in [3.05, 3.63) is 24.4 Å². The van der Waals surface area contributed by atoms with Crippen LogP contribution in [0.3, 0.4) is 0 Å². The molecular formula is C11H20NO+. The Morgan fingerprint density at radius 1 is 1.62 bits per heavy atom. The first kappa shape index (κ1) is 12.1. The number of hydrogen-bond donors (Lipinski definition) is 0. The monoisotopic (exact) mass is 182 g/mol. The van der Waals surface area contributed by atoms with Gasteiger partial charge >= 0.3 is 0 Å². The highest BCUT2D eigenvalue weighted by Gasteiger charge is 2.03.